The predicted octanol–water partition coefficient (Wildman–Crippen LogP) is 4.40. The van der Waals surface area contributed by atoms with Crippen LogP contribution in [0.25, 0.3) is 0 Å². The van der Waals surface area contributed by atoms with Crippen LogP contribution in [0.1, 0.15) is 56.7 Å². The Morgan fingerprint density at radius 2 is 1.55 bits per heavy atom. The summed E-state index contributed by atoms with van der Waals surface area (Å²) in [4.78, 5) is 30.2. The zero-order chi connectivity index (χ0) is 23.3. The molecule has 0 aliphatic carbocycles. The molecule has 5 heteroatoms. The van der Waals surface area contributed by atoms with Gasteiger partial charge in [0.2, 0.25) is 11.8 Å². The molecule has 0 bridgehead atoms. The average Bonchev–Trinajstić information content (AvgIpc) is 3.13. The van der Waals surface area contributed by atoms with Crippen molar-refractivity contribution in [3.63, 3.8) is 0 Å². The molecule has 0 radical (unpaired) electrons. The number of piperidine rings is 1. The Balaban J connectivity index is 1.31. The van der Waals surface area contributed by atoms with Gasteiger partial charge in [-0.25, -0.2) is 0 Å². The van der Waals surface area contributed by atoms with E-state index in [9.17, 15) is 9.59 Å². The highest BCUT2D eigenvalue weighted by atomic mass is 16.2. The van der Waals surface area contributed by atoms with Gasteiger partial charge in [0.1, 0.15) is 0 Å². The molecule has 33 heavy (non-hydrogen) atoms. The van der Waals surface area contributed by atoms with Crippen LogP contribution in [0.2, 0.25) is 0 Å². The van der Waals surface area contributed by atoms with Gasteiger partial charge in [0, 0.05) is 25.6 Å². The van der Waals surface area contributed by atoms with Crippen molar-refractivity contribution in [2.24, 2.45) is 11.3 Å². The Hall–Kier alpha value is -2.66. The lowest BCUT2D eigenvalue weighted by atomic mass is 9.77. The van der Waals surface area contributed by atoms with Crippen LogP contribution in [0.3, 0.4) is 0 Å². The van der Waals surface area contributed by atoms with Crippen molar-refractivity contribution in [2.75, 3.05) is 26.2 Å². The maximum atomic E-state index is 13.3. The van der Waals surface area contributed by atoms with E-state index in [2.05, 4.69) is 39.4 Å². The van der Waals surface area contributed by atoms with E-state index in [0.717, 1.165) is 64.0 Å². The molecule has 1 N–H and O–H groups in total. The summed E-state index contributed by atoms with van der Waals surface area (Å²) in [5, 5.41) is 3.23. The van der Waals surface area contributed by atoms with E-state index in [4.69, 9.17) is 0 Å². The van der Waals surface area contributed by atoms with E-state index in [1.54, 1.807) is 0 Å². The highest BCUT2D eigenvalue weighted by Gasteiger charge is 2.47. The molecule has 1 spiro atoms. The number of nitrogens with zero attached hydrogens (tertiary/aromatic N) is 2. The van der Waals surface area contributed by atoms with Crippen molar-refractivity contribution in [1.82, 2.24) is 15.1 Å². The largest absolute Gasteiger partial charge is 0.349 e. The van der Waals surface area contributed by atoms with E-state index in [-0.39, 0.29) is 23.3 Å². The number of hydrogen-bond acceptors (Lipinski definition) is 3. The lowest BCUT2D eigenvalue weighted by molar-refractivity contribution is -0.139. The Morgan fingerprint density at radius 1 is 0.939 bits per heavy atom. The molecule has 2 heterocycles. The van der Waals surface area contributed by atoms with Crippen LogP contribution in [0.5, 0.6) is 0 Å². The summed E-state index contributed by atoms with van der Waals surface area (Å²) in [6.07, 6.45) is 3.73. The summed E-state index contributed by atoms with van der Waals surface area (Å²) in [7, 11) is 0. The van der Waals surface area contributed by atoms with Crippen molar-refractivity contribution in [2.45, 2.75) is 52.1 Å². The molecular formula is C28H37N3O2. The fourth-order valence-electron chi connectivity index (χ4n) is 5.17. The minimum atomic E-state index is -0.171. The molecule has 2 saturated heterocycles. The summed E-state index contributed by atoms with van der Waals surface area (Å²) >= 11 is 0. The molecule has 2 fully saturated rings. The number of amides is 2. The molecular weight excluding hydrogens is 410 g/mol. The Kier molecular flexibility index (Phi) is 7.49. The van der Waals surface area contributed by atoms with Crippen LogP contribution in [0, 0.1) is 11.3 Å². The summed E-state index contributed by atoms with van der Waals surface area (Å²) in [6, 6.07) is 20.6. The quantitative estimate of drug-likeness (QED) is 0.652. The van der Waals surface area contributed by atoms with E-state index < -0.39 is 0 Å². The highest BCUT2D eigenvalue weighted by molar-refractivity contribution is 5.85. The van der Waals surface area contributed by atoms with Gasteiger partial charge in [0.15, 0.2) is 0 Å². The molecule has 0 aromatic heterocycles. The van der Waals surface area contributed by atoms with Gasteiger partial charge in [0.05, 0.1) is 11.5 Å². The molecule has 2 aliphatic rings. The number of likely N-dealkylation sites (tertiary alicyclic amines) is 2. The first-order chi connectivity index (χ1) is 16.0. The average molecular weight is 448 g/mol. The molecule has 0 unspecified atom stereocenters. The summed E-state index contributed by atoms with van der Waals surface area (Å²) < 4.78 is 0. The number of rotatable bonds is 8. The van der Waals surface area contributed by atoms with Gasteiger partial charge in [0.25, 0.3) is 0 Å². The SMILES string of the molecule is CC(C)C(=O)N[C@@H](CCN1CCC2(CC1)CCN(Cc1ccccc1)C2=O)c1ccccc1. The second kappa shape index (κ2) is 10.5. The third kappa shape index (κ3) is 5.64. The second-order valence-electron chi connectivity index (χ2n) is 10.00. The Bertz CT molecular complexity index is 921. The summed E-state index contributed by atoms with van der Waals surface area (Å²) in [5.74, 6) is 0.409. The molecule has 0 saturated carbocycles. The van der Waals surface area contributed by atoms with Crippen LogP contribution in [-0.2, 0) is 16.1 Å². The molecule has 176 valence electrons. The van der Waals surface area contributed by atoms with Crippen LogP contribution in [-0.4, -0.2) is 47.8 Å². The first-order valence-electron chi connectivity index (χ1n) is 12.4. The normalized spacial score (nSPS) is 19.2. The minimum Gasteiger partial charge on any atom is -0.349 e. The van der Waals surface area contributed by atoms with Crippen molar-refractivity contribution in [1.29, 1.82) is 0 Å². The third-order valence-corrected chi connectivity index (χ3v) is 7.41. The molecule has 5 nitrogen and oxygen atoms in total. The molecule has 1 atom stereocenters. The zero-order valence-electron chi connectivity index (χ0n) is 20.0. The monoisotopic (exact) mass is 447 g/mol. The fraction of sp³-hybridized carbons (Fsp3) is 0.500. The van der Waals surface area contributed by atoms with E-state index >= 15 is 0 Å². The van der Waals surface area contributed by atoms with Crippen LogP contribution in [0.4, 0.5) is 0 Å². The number of nitrogens with one attached hydrogen (secondary N) is 1. The van der Waals surface area contributed by atoms with Crippen LogP contribution < -0.4 is 5.32 Å². The zero-order valence-corrected chi connectivity index (χ0v) is 20.0. The summed E-state index contributed by atoms with van der Waals surface area (Å²) in [5.41, 5.74) is 2.19. The van der Waals surface area contributed by atoms with E-state index in [1.165, 1.54) is 5.56 Å². The molecule has 2 aliphatic heterocycles. The van der Waals surface area contributed by atoms with Gasteiger partial charge in [-0.15, -0.1) is 0 Å². The molecule has 4 rings (SSSR count). The molecule has 2 amide bonds. The number of carbonyl (C=O) groups is 2. The topological polar surface area (TPSA) is 52.7 Å². The Labute approximate surface area is 198 Å². The molecule has 2 aromatic carbocycles. The number of benzene rings is 2. The van der Waals surface area contributed by atoms with E-state index in [0.29, 0.717) is 5.91 Å². The van der Waals surface area contributed by atoms with Gasteiger partial charge in [-0.1, -0.05) is 74.5 Å². The Morgan fingerprint density at radius 3 is 2.18 bits per heavy atom. The van der Waals surface area contributed by atoms with Gasteiger partial charge in [-0.2, -0.15) is 0 Å². The van der Waals surface area contributed by atoms with Crippen molar-refractivity contribution in [3.8, 4) is 0 Å². The first kappa shape index (κ1) is 23.5. The number of hydrogen-bond donors (Lipinski definition) is 1. The lowest BCUT2D eigenvalue weighted by Crippen LogP contribution is -2.45. The van der Waals surface area contributed by atoms with Gasteiger partial charge >= 0.3 is 0 Å². The van der Waals surface area contributed by atoms with Gasteiger partial charge < -0.3 is 15.1 Å². The maximum Gasteiger partial charge on any atom is 0.229 e. The molecule has 2 aromatic rings. The summed E-state index contributed by atoms with van der Waals surface area (Å²) in [6.45, 7) is 8.28. The third-order valence-electron chi connectivity index (χ3n) is 7.41. The van der Waals surface area contributed by atoms with Gasteiger partial charge in [-0.3, -0.25) is 9.59 Å². The smallest absolute Gasteiger partial charge is 0.229 e. The minimum absolute atomic E-state index is 0.0199. The predicted molar refractivity (Wildman–Crippen MR) is 131 cm³/mol. The van der Waals surface area contributed by atoms with Crippen LogP contribution in [0.15, 0.2) is 60.7 Å². The van der Waals surface area contributed by atoms with Crippen molar-refractivity contribution in [3.05, 3.63) is 71.8 Å². The fourth-order valence-corrected chi connectivity index (χ4v) is 5.17. The number of carbonyl (C=O) groups excluding carboxylic acids is 2. The highest BCUT2D eigenvalue weighted by Crippen LogP contribution is 2.42. The van der Waals surface area contributed by atoms with E-state index in [1.807, 2.05) is 50.2 Å². The standard InChI is InChI=1S/C28H37N3O2/c1-22(2)26(32)29-25(24-11-7-4-8-12-24)13-17-30-18-14-28(15-19-30)16-20-31(27(28)33)21-23-9-5-3-6-10-23/h3-12,22,25H,13-21H2,1-2H3,(H,29,32)/t25-/m0/s1. The first-order valence-corrected chi connectivity index (χ1v) is 12.4. The van der Waals surface area contributed by atoms with Crippen molar-refractivity contribution < 1.29 is 9.59 Å². The van der Waals surface area contributed by atoms with Crippen molar-refractivity contribution >= 4 is 11.8 Å². The lowest BCUT2D eigenvalue weighted by Gasteiger charge is -2.38. The van der Waals surface area contributed by atoms with Crippen LogP contribution >= 0.6 is 0 Å². The van der Waals surface area contributed by atoms with Gasteiger partial charge in [-0.05, 0) is 49.9 Å². The second-order valence-corrected chi connectivity index (χ2v) is 10.00. The maximum absolute atomic E-state index is 13.3.